The smallest absolute Gasteiger partial charge is 0.227 e. The lowest BCUT2D eigenvalue weighted by Gasteiger charge is -2.32. The van der Waals surface area contributed by atoms with Gasteiger partial charge in [0.2, 0.25) is 5.91 Å². The van der Waals surface area contributed by atoms with Crippen LogP contribution in [0.5, 0.6) is 5.75 Å². The fraction of sp³-hybridized carbons (Fsp3) is 0.304. The van der Waals surface area contributed by atoms with E-state index in [0.717, 1.165) is 47.0 Å². The molecule has 1 aromatic heterocycles. The average Bonchev–Trinajstić information content (AvgIpc) is 3.25. The Bertz CT molecular complexity index is 987. The largest absolute Gasteiger partial charge is 0.496 e. The molecule has 0 aliphatic carbocycles. The van der Waals surface area contributed by atoms with Gasteiger partial charge in [0.05, 0.1) is 24.2 Å². The van der Waals surface area contributed by atoms with Crippen molar-refractivity contribution in [3.63, 3.8) is 0 Å². The molecule has 1 atom stereocenters. The number of amides is 1. The summed E-state index contributed by atoms with van der Waals surface area (Å²) in [6.07, 6.45) is 2.29. The van der Waals surface area contributed by atoms with Crippen LogP contribution in [0.2, 0.25) is 0 Å². The Balaban J connectivity index is 1.45. The maximum atomic E-state index is 13.1. The minimum absolute atomic E-state index is 0.0859. The SMILES string of the molecule is COc1ccccc1-c1csc(C2CCCN(C(=O)Cc3ccc(F)cc3)C2)n1. The summed E-state index contributed by atoms with van der Waals surface area (Å²) in [6.45, 7) is 1.44. The third-order valence-corrected chi connectivity index (χ3v) is 6.30. The summed E-state index contributed by atoms with van der Waals surface area (Å²) >= 11 is 1.64. The van der Waals surface area contributed by atoms with Crippen molar-refractivity contribution in [2.75, 3.05) is 20.2 Å². The van der Waals surface area contributed by atoms with Gasteiger partial charge in [-0.3, -0.25) is 4.79 Å². The average molecular weight is 411 g/mol. The van der Waals surface area contributed by atoms with E-state index in [1.165, 1.54) is 12.1 Å². The number of benzene rings is 2. The third kappa shape index (κ3) is 4.48. The van der Waals surface area contributed by atoms with Gasteiger partial charge in [-0.2, -0.15) is 0 Å². The molecule has 1 saturated heterocycles. The Morgan fingerprint density at radius 3 is 2.83 bits per heavy atom. The van der Waals surface area contributed by atoms with Crippen LogP contribution in [0, 0.1) is 5.82 Å². The number of likely N-dealkylation sites (tertiary alicyclic amines) is 1. The Labute approximate surface area is 174 Å². The summed E-state index contributed by atoms with van der Waals surface area (Å²) in [7, 11) is 1.66. The highest BCUT2D eigenvalue weighted by molar-refractivity contribution is 7.10. The Hall–Kier alpha value is -2.73. The number of rotatable bonds is 5. The molecule has 29 heavy (non-hydrogen) atoms. The first-order valence-corrected chi connectivity index (χ1v) is 10.6. The van der Waals surface area contributed by atoms with Crippen LogP contribution < -0.4 is 4.74 Å². The molecule has 2 aromatic carbocycles. The normalized spacial score (nSPS) is 16.6. The summed E-state index contributed by atoms with van der Waals surface area (Å²) in [5.41, 5.74) is 2.74. The molecule has 1 aliphatic rings. The minimum Gasteiger partial charge on any atom is -0.496 e. The van der Waals surface area contributed by atoms with E-state index in [-0.39, 0.29) is 17.6 Å². The van der Waals surface area contributed by atoms with Gasteiger partial charge >= 0.3 is 0 Å². The van der Waals surface area contributed by atoms with Crippen molar-refractivity contribution in [3.05, 3.63) is 70.3 Å². The van der Waals surface area contributed by atoms with E-state index >= 15 is 0 Å². The van der Waals surface area contributed by atoms with Crippen LogP contribution in [0.3, 0.4) is 0 Å². The fourth-order valence-corrected chi connectivity index (χ4v) is 4.70. The third-order valence-electron chi connectivity index (χ3n) is 5.30. The highest BCUT2D eigenvalue weighted by Gasteiger charge is 2.27. The van der Waals surface area contributed by atoms with Crippen LogP contribution in [0.15, 0.2) is 53.9 Å². The van der Waals surface area contributed by atoms with Gasteiger partial charge in [-0.1, -0.05) is 24.3 Å². The molecular weight excluding hydrogens is 387 g/mol. The number of ether oxygens (including phenoxy) is 1. The number of para-hydroxylation sites is 1. The molecule has 6 heteroatoms. The van der Waals surface area contributed by atoms with Crippen molar-refractivity contribution in [2.24, 2.45) is 0 Å². The lowest BCUT2D eigenvalue weighted by atomic mass is 9.98. The van der Waals surface area contributed by atoms with Gasteiger partial charge in [0, 0.05) is 30.0 Å². The summed E-state index contributed by atoms with van der Waals surface area (Å²) in [5, 5.41) is 3.12. The lowest BCUT2D eigenvalue weighted by Crippen LogP contribution is -2.39. The molecule has 3 aromatic rings. The van der Waals surface area contributed by atoms with E-state index in [1.807, 2.05) is 29.2 Å². The fourth-order valence-electron chi connectivity index (χ4n) is 3.75. The van der Waals surface area contributed by atoms with Crippen molar-refractivity contribution in [1.29, 1.82) is 0 Å². The van der Waals surface area contributed by atoms with E-state index < -0.39 is 0 Å². The second kappa shape index (κ2) is 8.74. The van der Waals surface area contributed by atoms with Crippen LogP contribution in [-0.2, 0) is 11.2 Å². The second-order valence-corrected chi connectivity index (χ2v) is 8.14. The van der Waals surface area contributed by atoms with Crippen molar-refractivity contribution >= 4 is 17.2 Å². The number of hydrogen-bond acceptors (Lipinski definition) is 4. The first-order chi connectivity index (χ1) is 14.1. The van der Waals surface area contributed by atoms with E-state index in [4.69, 9.17) is 9.72 Å². The number of piperidine rings is 1. The van der Waals surface area contributed by atoms with Gasteiger partial charge in [0.25, 0.3) is 0 Å². The minimum atomic E-state index is -0.283. The molecular formula is C23H23FN2O2S. The number of aromatic nitrogens is 1. The van der Waals surface area contributed by atoms with Gasteiger partial charge < -0.3 is 9.64 Å². The number of halogens is 1. The van der Waals surface area contributed by atoms with E-state index in [9.17, 15) is 9.18 Å². The number of nitrogens with zero attached hydrogens (tertiary/aromatic N) is 2. The Morgan fingerprint density at radius 2 is 2.03 bits per heavy atom. The highest BCUT2D eigenvalue weighted by atomic mass is 32.1. The Morgan fingerprint density at radius 1 is 1.24 bits per heavy atom. The van der Waals surface area contributed by atoms with Gasteiger partial charge in [-0.25, -0.2) is 9.37 Å². The van der Waals surface area contributed by atoms with Gasteiger partial charge in [-0.05, 0) is 42.7 Å². The molecule has 150 valence electrons. The molecule has 0 N–H and O–H groups in total. The van der Waals surface area contributed by atoms with Crippen LogP contribution >= 0.6 is 11.3 Å². The first-order valence-electron chi connectivity index (χ1n) is 9.75. The van der Waals surface area contributed by atoms with Crippen molar-refractivity contribution in [3.8, 4) is 17.0 Å². The molecule has 0 spiro atoms. The maximum absolute atomic E-state index is 13.1. The molecule has 1 aliphatic heterocycles. The molecule has 0 radical (unpaired) electrons. The zero-order valence-electron chi connectivity index (χ0n) is 16.3. The molecule has 4 nitrogen and oxygen atoms in total. The maximum Gasteiger partial charge on any atom is 0.227 e. The van der Waals surface area contributed by atoms with Crippen LogP contribution in [-0.4, -0.2) is 36.0 Å². The standard InChI is InChI=1S/C23H23FN2O2S/c1-28-21-7-3-2-6-19(21)20-15-29-23(25-20)17-5-4-12-26(14-17)22(27)13-16-8-10-18(24)11-9-16/h2-3,6-11,15,17H,4-5,12-14H2,1H3. The lowest BCUT2D eigenvalue weighted by molar-refractivity contribution is -0.131. The van der Waals surface area contributed by atoms with E-state index in [0.29, 0.717) is 13.0 Å². The predicted octanol–water partition coefficient (Wildman–Crippen LogP) is 4.91. The molecule has 1 unspecified atom stereocenters. The summed E-state index contributed by atoms with van der Waals surface area (Å²) in [4.78, 5) is 19.5. The zero-order valence-corrected chi connectivity index (χ0v) is 17.1. The van der Waals surface area contributed by atoms with Crippen LogP contribution in [0.4, 0.5) is 4.39 Å². The number of carbonyl (C=O) groups excluding carboxylic acids is 1. The predicted molar refractivity (Wildman–Crippen MR) is 113 cm³/mol. The molecule has 1 fully saturated rings. The zero-order chi connectivity index (χ0) is 20.2. The second-order valence-electron chi connectivity index (χ2n) is 7.25. The number of hydrogen-bond donors (Lipinski definition) is 0. The molecule has 1 amide bonds. The molecule has 0 saturated carbocycles. The number of methoxy groups -OCH3 is 1. The van der Waals surface area contributed by atoms with Crippen LogP contribution in [0.1, 0.15) is 29.3 Å². The van der Waals surface area contributed by atoms with Gasteiger partial charge in [-0.15, -0.1) is 11.3 Å². The van der Waals surface area contributed by atoms with E-state index in [1.54, 1.807) is 30.6 Å². The molecule has 4 rings (SSSR count). The quantitative estimate of drug-likeness (QED) is 0.600. The van der Waals surface area contributed by atoms with Crippen LogP contribution in [0.25, 0.3) is 11.3 Å². The van der Waals surface area contributed by atoms with Gasteiger partial charge in [0.15, 0.2) is 0 Å². The summed E-state index contributed by atoms with van der Waals surface area (Å²) in [5.74, 6) is 0.857. The first kappa shape index (κ1) is 19.6. The molecule has 0 bridgehead atoms. The molecule has 2 heterocycles. The topological polar surface area (TPSA) is 42.4 Å². The summed E-state index contributed by atoms with van der Waals surface area (Å²) < 4.78 is 18.5. The van der Waals surface area contributed by atoms with E-state index in [2.05, 4.69) is 5.38 Å². The number of thiazole rings is 1. The highest BCUT2D eigenvalue weighted by Crippen LogP contribution is 2.35. The monoisotopic (exact) mass is 410 g/mol. The van der Waals surface area contributed by atoms with Crippen molar-refractivity contribution in [2.45, 2.75) is 25.2 Å². The summed E-state index contributed by atoms with van der Waals surface area (Å²) in [6, 6.07) is 14.0. The van der Waals surface area contributed by atoms with Crippen molar-refractivity contribution in [1.82, 2.24) is 9.88 Å². The Kier molecular flexibility index (Phi) is 5.90. The van der Waals surface area contributed by atoms with Crippen molar-refractivity contribution < 1.29 is 13.9 Å². The number of carbonyl (C=O) groups is 1. The van der Waals surface area contributed by atoms with Gasteiger partial charge in [0.1, 0.15) is 11.6 Å².